The quantitative estimate of drug-likeness (QED) is 0.881. The van der Waals surface area contributed by atoms with Crippen LogP contribution in [0.4, 0.5) is 0 Å². The molecule has 0 aliphatic carbocycles. The second kappa shape index (κ2) is 5.86. The molecule has 2 rings (SSSR count). The summed E-state index contributed by atoms with van der Waals surface area (Å²) in [6.45, 7) is 0. The Balaban J connectivity index is 2.22. The summed E-state index contributed by atoms with van der Waals surface area (Å²) in [4.78, 5) is 11.5. The van der Waals surface area contributed by atoms with Gasteiger partial charge in [-0.05, 0) is 34.7 Å². The van der Waals surface area contributed by atoms with Gasteiger partial charge in [-0.15, -0.1) is 11.3 Å². The van der Waals surface area contributed by atoms with E-state index in [1.165, 1.54) is 11.3 Å². The Morgan fingerprint density at radius 1 is 1.42 bits per heavy atom. The van der Waals surface area contributed by atoms with E-state index in [-0.39, 0.29) is 6.42 Å². The maximum absolute atomic E-state index is 10.7. The van der Waals surface area contributed by atoms with Crippen molar-refractivity contribution in [2.24, 2.45) is 5.73 Å². The fourth-order valence-corrected chi connectivity index (χ4v) is 2.71. The summed E-state index contributed by atoms with van der Waals surface area (Å²) >= 11 is 1.48. The number of nitrogens with two attached hydrogens (primary N) is 1. The van der Waals surface area contributed by atoms with Crippen LogP contribution < -0.4 is 10.5 Å². The molecule has 1 aromatic heterocycles. The smallest absolute Gasteiger partial charge is 0.305 e. The van der Waals surface area contributed by atoms with Crippen molar-refractivity contribution < 1.29 is 14.6 Å². The molecule has 0 aliphatic rings. The van der Waals surface area contributed by atoms with Crippen molar-refractivity contribution in [3.8, 4) is 16.9 Å². The summed E-state index contributed by atoms with van der Waals surface area (Å²) in [5.41, 5.74) is 7.91. The molecule has 5 heteroatoms. The maximum Gasteiger partial charge on any atom is 0.305 e. The first-order valence-electron chi connectivity index (χ1n) is 5.80. The number of carboxylic acid groups (broad SMARTS) is 1. The number of methoxy groups -OCH3 is 1. The molecular formula is C14H15NO3S. The normalized spacial score (nSPS) is 12.1. The minimum atomic E-state index is -0.885. The van der Waals surface area contributed by atoms with Gasteiger partial charge in [-0.1, -0.05) is 12.1 Å². The van der Waals surface area contributed by atoms with Gasteiger partial charge in [0.15, 0.2) is 0 Å². The van der Waals surface area contributed by atoms with E-state index >= 15 is 0 Å². The zero-order chi connectivity index (χ0) is 13.8. The number of aliphatic carboxylic acids is 1. The molecule has 0 fully saturated rings. The molecular weight excluding hydrogens is 262 g/mol. The topological polar surface area (TPSA) is 72.5 Å². The number of ether oxygens (including phenoxy) is 1. The van der Waals surface area contributed by atoms with Crippen molar-refractivity contribution in [2.75, 3.05) is 7.11 Å². The van der Waals surface area contributed by atoms with Crippen molar-refractivity contribution in [1.29, 1.82) is 0 Å². The third kappa shape index (κ3) is 3.33. The Morgan fingerprint density at radius 2 is 2.21 bits per heavy atom. The average Bonchev–Trinajstić information content (AvgIpc) is 2.88. The van der Waals surface area contributed by atoms with Crippen LogP contribution in [-0.4, -0.2) is 18.2 Å². The van der Waals surface area contributed by atoms with E-state index < -0.39 is 12.0 Å². The lowest BCUT2D eigenvalue weighted by molar-refractivity contribution is -0.137. The van der Waals surface area contributed by atoms with E-state index in [1.807, 2.05) is 35.7 Å². The summed E-state index contributed by atoms with van der Waals surface area (Å²) in [6, 6.07) is 9.20. The summed E-state index contributed by atoms with van der Waals surface area (Å²) in [5, 5.41) is 10.7. The van der Waals surface area contributed by atoms with Crippen molar-refractivity contribution in [3.63, 3.8) is 0 Å². The highest BCUT2D eigenvalue weighted by Crippen LogP contribution is 2.31. The van der Waals surface area contributed by atoms with Gasteiger partial charge in [-0.25, -0.2) is 0 Å². The molecule has 1 aromatic carbocycles. The summed E-state index contributed by atoms with van der Waals surface area (Å²) in [5.74, 6) is -0.0936. The van der Waals surface area contributed by atoms with Gasteiger partial charge in [-0.3, -0.25) is 4.79 Å². The van der Waals surface area contributed by atoms with Crippen LogP contribution in [0.15, 0.2) is 35.7 Å². The largest absolute Gasteiger partial charge is 0.497 e. The number of rotatable bonds is 5. The molecule has 0 spiro atoms. The van der Waals surface area contributed by atoms with E-state index in [1.54, 1.807) is 7.11 Å². The van der Waals surface area contributed by atoms with Gasteiger partial charge in [0, 0.05) is 10.9 Å². The molecule has 0 saturated heterocycles. The van der Waals surface area contributed by atoms with Gasteiger partial charge in [0.25, 0.3) is 0 Å². The van der Waals surface area contributed by atoms with Crippen molar-refractivity contribution >= 4 is 17.3 Å². The first-order chi connectivity index (χ1) is 9.10. The zero-order valence-corrected chi connectivity index (χ0v) is 11.3. The third-order valence-electron chi connectivity index (χ3n) is 2.78. The molecule has 3 N–H and O–H groups in total. The lowest BCUT2D eigenvalue weighted by Gasteiger charge is -2.05. The first-order valence-corrected chi connectivity index (χ1v) is 6.68. The number of carbonyl (C=O) groups is 1. The fourth-order valence-electron chi connectivity index (χ4n) is 1.79. The fraction of sp³-hybridized carbons (Fsp3) is 0.214. The minimum absolute atomic E-state index is 0.0575. The van der Waals surface area contributed by atoms with Gasteiger partial charge in [0.2, 0.25) is 0 Å². The Morgan fingerprint density at radius 3 is 2.89 bits per heavy atom. The van der Waals surface area contributed by atoms with Crippen LogP contribution in [0.2, 0.25) is 0 Å². The van der Waals surface area contributed by atoms with Crippen LogP contribution >= 0.6 is 11.3 Å². The summed E-state index contributed by atoms with van der Waals surface area (Å²) in [6.07, 6.45) is -0.0575. The molecule has 0 unspecified atom stereocenters. The second-order valence-electron chi connectivity index (χ2n) is 4.17. The molecule has 1 heterocycles. The predicted molar refractivity (Wildman–Crippen MR) is 75.5 cm³/mol. The van der Waals surface area contributed by atoms with Crippen LogP contribution in [0.1, 0.15) is 17.3 Å². The Kier molecular flexibility index (Phi) is 4.19. The van der Waals surface area contributed by atoms with Crippen LogP contribution in [0, 0.1) is 0 Å². The van der Waals surface area contributed by atoms with E-state index in [0.29, 0.717) is 0 Å². The van der Waals surface area contributed by atoms with Gasteiger partial charge < -0.3 is 15.6 Å². The molecule has 1 atom stereocenters. The van der Waals surface area contributed by atoms with Gasteiger partial charge >= 0.3 is 5.97 Å². The van der Waals surface area contributed by atoms with Gasteiger partial charge in [0.05, 0.1) is 13.5 Å². The molecule has 0 radical (unpaired) electrons. The Bertz CT molecular complexity index is 580. The number of benzene rings is 1. The number of hydrogen-bond donors (Lipinski definition) is 2. The van der Waals surface area contributed by atoms with Gasteiger partial charge in [0.1, 0.15) is 5.75 Å². The number of carboxylic acids is 1. The molecule has 100 valence electrons. The third-order valence-corrected chi connectivity index (χ3v) is 3.85. The van der Waals surface area contributed by atoms with Crippen molar-refractivity contribution in [1.82, 2.24) is 0 Å². The van der Waals surface area contributed by atoms with Gasteiger partial charge in [-0.2, -0.15) is 0 Å². The lowest BCUT2D eigenvalue weighted by Crippen LogP contribution is -2.13. The molecule has 0 aliphatic heterocycles. The number of hydrogen-bond acceptors (Lipinski definition) is 4. The molecule has 2 aromatic rings. The lowest BCUT2D eigenvalue weighted by atomic mass is 10.1. The minimum Gasteiger partial charge on any atom is -0.497 e. The maximum atomic E-state index is 10.7. The van der Waals surface area contributed by atoms with Crippen molar-refractivity contribution in [3.05, 3.63) is 40.6 Å². The molecule has 0 bridgehead atoms. The average molecular weight is 277 g/mol. The van der Waals surface area contributed by atoms with E-state index in [4.69, 9.17) is 15.6 Å². The standard InChI is InChI=1S/C14H15NO3S/c1-18-11-4-2-3-9(5-11)10-6-13(19-8-10)12(15)7-14(16)17/h2-6,8,12H,7,15H2,1H3,(H,16,17)/t12-/m0/s1. The Hall–Kier alpha value is -1.85. The monoisotopic (exact) mass is 277 g/mol. The Labute approximate surface area is 115 Å². The molecule has 0 amide bonds. The summed E-state index contributed by atoms with van der Waals surface area (Å²) < 4.78 is 5.18. The molecule has 19 heavy (non-hydrogen) atoms. The molecule has 0 saturated carbocycles. The highest BCUT2D eigenvalue weighted by atomic mass is 32.1. The van der Waals surface area contributed by atoms with E-state index in [2.05, 4.69) is 0 Å². The second-order valence-corrected chi connectivity index (χ2v) is 5.12. The first kappa shape index (κ1) is 13.6. The number of thiophene rings is 1. The van der Waals surface area contributed by atoms with Crippen molar-refractivity contribution in [2.45, 2.75) is 12.5 Å². The van der Waals surface area contributed by atoms with Crippen LogP contribution in [0.3, 0.4) is 0 Å². The van der Waals surface area contributed by atoms with E-state index in [9.17, 15) is 4.79 Å². The predicted octanol–water partition coefficient (Wildman–Crippen LogP) is 2.90. The molecule has 4 nitrogen and oxygen atoms in total. The van der Waals surface area contributed by atoms with Crippen LogP contribution in [0.5, 0.6) is 5.75 Å². The highest BCUT2D eigenvalue weighted by Gasteiger charge is 2.13. The van der Waals surface area contributed by atoms with E-state index in [0.717, 1.165) is 21.8 Å². The highest BCUT2D eigenvalue weighted by molar-refractivity contribution is 7.10. The summed E-state index contributed by atoms with van der Waals surface area (Å²) in [7, 11) is 1.63. The van der Waals surface area contributed by atoms with Crippen LogP contribution in [-0.2, 0) is 4.79 Å². The SMILES string of the molecule is COc1cccc(-c2csc([C@@H](N)CC(=O)O)c2)c1. The van der Waals surface area contributed by atoms with Crippen LogP contribution in [0.25, 0.3) is 11.1 Å². The zero-order valence-electron chi connectivity index (χ0n) is 10.5.